The molecule has 0 fully saturated rings. The molecule has 0 bridgehead atoms. The molecule has 2 aromatic rings. The fourth-order valence-corrected chi connectivity index (χ4v) is 3.02. The summed E-state index contributed by atoms with van der Waals surface area (Å²) in [6.45, 7) is 0. The Hall–Kier alpha value is -2.62. The number of carbonyl (C=O) groups is 2. The summed E-state index contributed by atoms with van der Waals surface area (Å²) >= 11 is 0. The second kappa shape index (κ2) is 4.49. The zero-order valence-corrected chi connectivity index (χ0v) is 10.7. The molecule has 0 saturated carbocycles. The predicted octanol–water partition coefficient (Wildman–Crippen LogP) is 1.39. The Balaban J connectivity index is 2.25. The van der Waals surface area contributed by atoms with Gasteiger partial charge in [0.05, 0.1) is 0 Å². The van der Waals surface area contributed by atoms with Crippen LogP contribution in [0.3, 0.4) is 0 Å². The number of nitrogens with two attached hydrogens (primary N) is 2. The van der Waals surface area contributed by atoms with Crippen LogP contribution in [-0.4, -0.2) is 11.8 Å². The van der Waals surface area contributed by atoms with E-state index in [1.54, 1.807) is 0 Å². The van der Waals surface area contributed by atoms with Crippen LogP contribution < -0.4 is 11.5 Å². The standard InChI is InChI=1S/C16H14N2O2/c17-15(19)14(16(18)20)13-11-7-3-1-5-9(11)10-6-2-4-8-12(10)13/h1-8,13-14H,(H2,17,19)(H2,18,20). The normalized spacial score (nSPS) is 13.1. The van der Waals surface area contributed by atoms with Crippen molar-refractivity contribution in [1.29, 1.82) is 0 Å². The third-order valence-corrected chi connectivity index (χ3v) is 3.83. The highest BCUT2D eigenvalue weighted by atomic mass is 16.2. The lowest BCUT2D eigenvalue weighted by Gasteiger charge is -2.19. The lowest BCUT2D eigenvalue weighted by molar-refractivity contribution is -0.132. The summed E-state index contributed by atoms with van der Waals surface area (Å²) in [5.41, 5.74) is 14.7. The first kappa shape index (κ1) is 12.4. The molecule has 3 rings (SSSR count). The second-order valence-electron chi connectivity index (χ2n) is 4.93. The first-order chi connectivity index (χ1) is 9.61. The van der Waals surface area contributed by atoms with Gasteiger partial charge in [-0.25, -0.2) is 0 Å². The lowest BCUT2D eigenvalue weighted by Crippen LogP contribution is -2.39. The molecule has 2 amide bonds. The van der Waals surface area contributed by atoms with Gasteiger partial charge in [-0.05, 0) is 22.3 Å². The van der Waals surface area contributed by atoms with Crippen LogP contribution >= 0.6 is 0 Å². The molecule has 1 aliphatic rings. The van der Waals surface area contributed by atoms with Crippen LogP contribution in [0.5, 0.6) is 0 Å². The number of hydrogen-bond donors (Lipinski definition) is 2. The summed E-state index contributed by atoms with van der Waals surface area (Å²) in [5.74, 6) is -2.79. The van der Waals surface area contributed by atoms with Gasteiger partial charge in [0.25, 0.3) is 0 Å². The monoisotopic (exact) mass is 266 g/mol. The number of primary amides is 2. The lowest BCUT2D eigenvalue weighted by atomic mass is 9.83. The SMILES string of the molecule is NC(=O)C(C(N)=O)C1c2ccccc2-c2ccccc21. The third-order valence-electron chi connectivity index (χ3n) is 3.83. The van der Waals surface area contributed by atoms with Gasteiger partial charge in [-0.3, -0.25) is 9.59 Å². The number of carbonyl (C=O) groups excluding carboxylic acids is 2. The fourth-order valence-electron chi connectivity index (χ4n) is 3.02. The molecule has 100 valence electrons. The van der Waals surface area contributed by atoms with Crippen molar-refractivity contribution in [3.05, 3.63) is 59.7 Å². The first-order valence-corrected chi connectivity index (χ1v) is 6.38. The predicted molar refractivity (Wildman–Crippen MR) is 75.6 cm³/mol. The Morgan fingerprint density at radius 3 is 1.60 bits per heavy atom. The van der Waals surface area contributed by atoms with E-state index in [4.69, 9.17) is 11.5 Å². The van der Waals surface area contributed by atoms with Crippen LogP contribution in [0.25, 0.3) is 11.1 Å². The Kier molecular flexibility index (Phi) is 2.79. The molecule has 0 heterocycles. The van der Waals surface area contributed by atoms with Gasteiger partial charge < -0.3 is 11.5 Å². The van der Waals surface area contributed by atoms with Crippen LogP contribution in [0, 0.1) is 5.92 Å². The summed E-state index contributed by atoms with van der Waals surface area (Å²) < 4.78 is 0. The maximum Gasteiger partial charge on any atom is 0.230 e. The van der Waals surface area contributed by atoms with E-state index in [0.29, 0.717) is 0 Å². The molecule has 0 aromatic heterocycles. The van der Waals surface area contributed by atoms with E-state index in [-0.39, 0.29) is 0 Å². The zero-order chi connectivity index (χ0) is 14.3. The van der Waals surface area contributed by atoms with Crippen molar-refractivity contribution in [2.45, 2.75) is 5.92 Å². The van der Waals surface area contributed by atoms with Crippen LogP contribution in [-0.2, 0) is 9.59 Å². The van der Waals surface area contributed by atoms with E-state index in [1.807, 2.05) is 48.5 Å². The van der Waals surface area contributed by atoms with Gasteiger partial charge in [0.15, 0.2) is 0 Å². The van der Waals surface area contributed by atoms with Gasteiger partial charge in [0.1, 0.15) is 5.92 Å². The number of benzene rings is 2. The second-order valence-corrected chi connectivity index (χ2v) is 4.93. The zero-order valence-electron chi connectivity index (χ0n) is 10.7. The molecule has 4 N–H and O–H groups in total. The van der Waals surface area contributed by atoms with Crippen molar-refractivity contribution in [3.8, 4) is 11.1 Å². The Morgan fingerprint density at radius 2 is 1.20 bits per heavy atom. The molecule has 0 spiro atoms. The average molecular weight is 266 g/mol. The molecule has 0 aliphatic heterocycles. The summed E-state index contributed by atoms with van der Waals surface area (Å²) in [6.07, 6.45) is 0. The Bertz CT molecular complexity index is 650. The number of fused-ring (bicyclic) bond motifs is 3. The van der Waals surface area contributed by atoms with E-state index in [2.05, 4.69) is 0 Å². The third kappa shape index (κ3) is 1.69. The van der Waals surface area contributed by atoms with E-state index >= 15 is 0 Å². The van der Waals surface area contributed by atoms with E-state index in [1.165, 1.54) is 0 Å². The smallest absolute Gasteiger partial charge is 0.230 e. The first-order valence-electron chi connectivity index (χ1n) is 6.38. The van der Waals surface area contributed by atoms with Gasteiger partial charge in [-0.15, -0.1) is 0 Å². The van der Waals surface area contributed by atoms with Crippen molar-refractivity contribution in [2.75, 3.05) is 0 Å². The summed E-state index contributed by atoms with van der Waals surface area (Å²) in [7, 11) is 0. The highest BCUT2D eigenvalue weighted by Gasteiger charge is 2.39. The molecule has 0 radical (unpaired) electrons. The molecule has 4 nitrogen and oxygen atoms in total. The highest BCUT2D eigenvalue weighted by Crippen LogP contribution is 2.47. The summed E-state index contributed by atoms with van der Waals surface area (Å²) in [5, 5.41) is 0. The Labute approximate surface area is 116 Å². The number of amides is 2. The average Bonchev–Trinajstić information content (AvgIpc) is 2.74. The van der Waals surface area contributed by atoms with E-state index < -0.39 is 23.7 Å². The maximum atomic E-state index is 11.7. The van der Waals surface area contributed by atoms with Crippen molar-refractivity contribution in [3.63, 3.8) is 0 Å². The van der Waals surface area contributed by atoms with Gasteiger partial charge in [0, 0.05) is 5.92 Å². The van der Waals surface area contributed by atoms with Crippen molar-refractivity contribution in [1.82, 2.24) is 0 Å². The van der Waals surface area contributed by atoms with Crippen molar-refractivity contribution in [2.24, 2.45) is 17.4 Å². The number of hydrogen-bond acceptors (Lipinski definition) is 2. The molecule has 20 heavy (non-hydrogen) atoms. The van der Waals surface area contributed by atoms with E-state index in [0.717, 1.165) is 22.3 Å². The maximum absolute atomic E-state index is 11.7. The van der Waals surface area contributed by atoms with Crippen LogP contribution in [0.1, 0.15) is 17.0 Å². The highest BCUT2D eigenvalue weighted by molar-refractivity contribution is 6.01. The van der Waals surface area contributed by atoms with Gasteiger partial charge >= 0.3 is 0 Å². The molecule has 4 heteroatoms. The molecular formula is C16H14N2O2. The van der Waals surface area contributed by atoms with Crippen molar-refractivity contribution < 1.29 is 9.59 Å². The van der Waals surface area contributed by atoms with Gasteiger partial charge in [-0.1, -0.05) is 48.5 Å². The molecule has 2 aromatic carbocycles. The fraction of sp³-hybridized carbons (Fsp3) is 0.125. The van der Waals surface area contributed by atoms with Gasteiger partial charge in [-0.2, -0.15) is 0 Å². The van der Waals surface area contributed by atoms with Gasteiger partial charge in [0.2, 0.25) is 11.8 Å². The molecular weight excluding hydrogens is 252 g/mol. The minimum Gasteiger partial charge on any atom is -0.369 e. The summed E-state index contributed by atoms with van der Waals surface area (Å²) in [4.78, 5) is 23.3. The number of rotatable bonds is 3. The van der Waals surface area contributed by atoms with Crippen LogP contribution in [0.15, 0.2) is 48.5 Å². The Morgan fingerprint density at radius 1 is 0.800 bits per heavy atom. The minimum atomic E-state index is -1.03. The van der Waals surface area contributed by atoms with Crippen LogP contribution in [0.2, 0.25) is 0 Å². The van der Waals surface area contributed by atoms with E-state index in [9.17, 15) is 9.59 Å². The van der Waals surface area contributed by atoms with Crippen molar-refractivity contribution >= 4 is 11.8 Å². The minimum absolute atomic E-state index is 0.391. The quantitative estimate of drug-likeness (QED) is 0.822. The largest absolute Gasteiger partial charge is 0.369 e. The molecule has 0 atom stereocenters. The molecule has 0 saturated heterocycles. The summed E-state index contributed by atoms with van der Waals surface area (Å²) in [6, 6.07) is 15.4. The molecule has 0 unspecified atom stereocenters. The topological polar surface area (TPSA) is 86.2 Å². The molecule has 1 aliphatic carbocycles. The van der Waals surface area contributed by atoms with Crippen LogP contribution in [0.4, 0.5) is 0 Å².